The molecule has 1 aliphatic carbocycles. The van der Waals surface area contributed by atoms with Crippen LogP contribution in [0.2, 0.25) is 0 Å². The Kier molecular flexibility index (Phi) is 3.20. The van der Waals surface area contributed by atoms with Crippen LogP contribution in [0.15, 0.2) is 30.3 Å². The largest absolute Gasteiger partial charge is 0.353 e. The Balaban J connectivity index is 1.69. The Morgan fingerprint density at radius 2 is 2.13 bits per heavy atom. The maximum absolute atomic E-state index is 12.7. The standard InChI is InChI=1S/C17H20N2O4/c1-11-8-17-14(13(11)9-18(21)22)7-16(20)19(17)15(10-23-17)12-5-3-2-4-6-12/h2-6,11,13-15H,7-10H2,1H3/t11-,13+,14+,15+,17+/m0/s1. The van der Waals surface area contributed by atoms with Crippen LogP contribution in [0.1, 0.15) is 31.4 Å². The number of hydrogen-bond donors (Lipinski definition) is 0. The molecule has 2 aliphatic heterocycles. The number of amides is 1. The zero-order valence-corrected chi connectivity index (χ0v) is 13.1. The van der Waals surface area contributed by atoms with E-state index in [1.165, 1.54) is 0 Å². The highest BCUT2D eigenvalue weighted by atomic mass is 16.6. The topological polar surface area (TPSA) is 72.7 Å². The van der Waals surface area contributed by atoms with Gasteiger partial charge in [-0.15, -0.1) is 0 Å². The highest BCUT2D eigenvalue weighted by molar-refractivity contribution is 5.81. The molecule has 6 heteroatoms. The molecule has 0 unspecified atom stereocenters. The molecule has 0 aromatic heterocycles. The van der Waals surface area contributed by atoms with Crippen molar-refractivity contribution in [3.63, 3.8) is 0 Å². The normalized spacial score (nSPS) is 38.7. The molecular weight excluding hydrogens is 296 g/mol. The van der Waals surface area contributed by atoms with Gasteiger partial charge in [-0.25, -0.2) is 0 Å². The summed E-state index contributed by atoms with van der Waals surface area (Å²) >= 11 is 0. The van der Waals surface area contributed by atoms with E-state index >= 15 is 0 Å². The van der Waals surface area contributed by atoms with Gasteiger partial charge < -0.3 is 9.64 Å². The van der Waals surface area contributed by atoms with Crippen LogP contribution in [0.5, 0.6) is 0 Å². The Morgan fingerprint density at radius 1 is 1.39 bits per heavy atom. The second kappa shape index (κ2) is 5.03. The first-order valence-electron chi connectivity index (χ1n) is 8.16. The van der Waals surface area contributed by atoms with Crippen LogP contribution < -0.4 is 0 Å². The number of hydrogen-bond acceptors (Lipinski definition) is 4. The fourth-order valence-corrected chi connectivity index (χ4v) is 4.95. The van der Waals surface area contributed by atoms with Gasteiger partial charge in [0.15, 0.2) is 0 Å². The van der Waals surface area contributed by atoms with Gasteiger partial charge in [0.05, 0.1) is 12.6 Å². The highest BCUT2D eigenvalue weighted by Gasteiger charge is 2.67. The molecule has 2 heterocycles. The molecule has 0 bridgehead atoms. The lowest BCUT2D eigenvalue weighted by Crippen LogP contribution is -2.44. The van der Waals surface area contributed by atoms with Crippen LogP contribution in [-0.4, -0.2) is 34.6 Å². The Morgan fingerprint density at radius 3 is 2.83 bits per heavy atom. The molecule has 4 rings (SSSR count). The molecule has 1 saturated carbocycles. The predicted molar refractivity (Wildman–Crippen MR) is 82.0 cm³/mol. The SMILES string of the molecule is C[C@H]1C[C@]23OC[C@H](c4ccccc4)N2C(=O)C[C@@H]3[C@@H]1C[N+](=O)[O-]. The summed E-state index contributed by atoms with van der Waals surface area (Å²) < 4.78 is 6.19. The number of carbonyl (C=O) groups excluding carboxylic acids is 1. The summed E-state index contributed by atoms with van der Waals surface area (Å²) in [5.74, 6) is 0.106. The monoisotopic (exact) mass is 316 g/mol. The van der Waals surface area contributed by atoms with Crippen molar-refractivity contribution in [2.24, 2.45) is 17.8 Å². The Labute approximate surface area is 134 Å². The molecule has 23 heavy (non-hydrogen) atoms. The average molecular weight is 316 g/mol. The highest BCUT2D eigenvalue weighted by Crippen LogP contribution is 2.59. The van der Waals surface area contributed by atoms with Gasteiger partial charge >= 0.3 is 0 Å². The first kappa shape index (κ1) is 14.6. The van der Waals surface area contributed by atoms with E-state index in [-0.39, 0.29) is 41.2 Å². The fraction of sp³-hybridized carbons (Fsp3) is 0.588. The number of nitro groups is 1. The molecule has 1 aromatic carbocycles. The van der Waals surface area contributed by atoms with Gasteiger partial charge in [0.2, 0.25) is 12.5 Å². The Bertz CT molecular complexity index is 649. The van der Waals surface area contributed by atoms with E-state index in [2.05, 4.69) is 0 Å². The second-order valence-electron chi connectivity index (χ2n) is 7.02. The fourth-order valence-electron chi connectivity index (χ4n) is 4.95. The van der Waals surface area contributed by atoms with Crippen LogP contribution in [0.25, 0.3) is 0 Å². The van der Waals surface area contributed by atoms with Crippen molar-refractivity contribution in [2.45, 2.75) is 31.5 Å². The molecule has 0 radical (unpaired) electrons. The van der Waals surface area contributed by atoms with Gasteiger partial charge in [-0.05, 0) is 17.9 Å². The molecule has 3 fully saturated rings. The van der Waals surface area contributed by atoms with E-state index in [4.69, 9.17) is 4.74 Å². The summed E-state index contributed by atoms with van der Waals surface area (Å²) in [7, 11) is 0. The van der Waals surface area contributed by atoms with E-state index in [1.54, 1.807) is 0 Å². The third-order valence-electron chi connectivity index (χ3n) is 5.86. The lowest BCUT2D eigenvalue weighted by molar-refractivity contribution is -0.491. The lowest BCUT2D eigenvalue weighted by Gasteiger charge is -2.33. The minimum atomic E-state index is -0.627. The van der Waals surface area contributed by atoms with Gasteiger partial charge in [-0.3, -0.25) is 14.9 Å². The van der Waals surface area contributed by atoms with Crippen molar-refractivity contribution in [3.8, 4) is 0 Å². The van der Waals surface area contributed by atoms with Crippen LogP contribution >= 0.6 is 0 Å². The number of nitrogens with zero attached hydrogens (tertiary/aromatic N) is 2. The molecule has 1 spiro atoms. The number of benzene rings is 1. The summed E-state index contributed by atoms with van der Waals surface area (Å²) in [5, 5.41) is 11.0. The van der Waals surface area contributed by atoms with E-state index in [1.807, 2.05) is 42.2 Å². The summed E-state index contributed by atoms with van der Waals surface area (Å²) in [5.41, 5.74) is 0.446. The van der Waals surface area contributed by atoms with Crippen molar-refractivity contribution in [1.29, 1.82) is 0 Å². The second-order valence-corrected chi connectivity index (χ2v) is 7.02. The van der Waals surface area contributed by atoms with Crippen LogP contribution in [-0.2, 0) is 9.53 Å². The minimum Gasteiger partial charge on any atom is -0.353 e. The molecule has 1 aromatic rings. The number of carbonyl (C=O) groups is 1. The molecule has 0 N–H and O–H groups in total. The third-order valence-corrected chi connectivity index (χ3v) is 5.86. The molecule has 122 valence electrons. The summed E-state index contributed by atoms with van der Waals surface area (Å²) in [6, 6.07) is 9.83. The Hall–Kier alpha value is -1.95. The van der Waals surface area contributed by atoms with Crippen molar-refractivity contribution >= 4 is 5.91 Å². The van der Waals surface area contributed by atoms with Crippen molar-refractivity contribution < 1.29 is 14.5 Å². The quantitative estimate of drug-likeness (QED) is 0.633. The van der Waals surface area contributed by atoms with E-state index in [0.29, 0.717) is 19.4 Å². The minimum absolute atomic E-state index is 0.0656. The van der Waals surface area contributed by atoms with Crippen LogP contribution in [0.3, 0.4) is 0 Å². The molecule has 5 atom stereocenters. The van der Waals surface area contributed by atoms with Crippen LogP contribution in [0, 0.1) is 27.9 Å². The van der Waals surface area contributed by atoms with E-state index in [9.17, 15) is 14.9 Å². The molecule has 6 nitrogen and oxygen atoms in total. The molecule has 1 amide bonds. The van der Waals surface area contributed by atoms with Crippen molar-refractivity contribution in [1.82, 2.24) is 4.90 Å². The molecular formula is C17H20N2O4. The molecule has 3 aliphatic rings. The van der Waals surface area contributed by atoms with Gasteiger partial charge in [0, 0.05) is 23.2 Å². The number of rotatable bonds is 3. The average Bonchev–Trinajstić information content (AvgIpc) is 3.09. The smallest absolute Gasteiger partial charge is 0.225 e. The summed E-state index contributed by atoms with van der Waals surface area (Å²) in [4.78, 5) is 25.3. The zero-order chi connectivity index (χ0) is 16.2. The van der Waals surface area contributed by atoms with Gasteiger partial charge in [-0.2, -0.15) is 0 Å². The lowest BCUT2D eigenvalue weighted by atomic mass is 9.88. The first-order chi connectivity index (χ1) is 11.0. The van der Waals surface area contributed by atoms with Gasteiger partial charge in [-0.1, -0.05) is 37.3 Å². The third kappa shape index (κ3) is 2.01. The molecule has 2 saturated heterocycles. The first-order valence-corrected chi connectivity index (χ1v) is 8.16. The maximum Gasteiger partial charge on any atom is 0.225 e. The van der Waals surface area contributed by atoms with E-state index < -0.39 is 5.72 Å². The van der Waals surface area contributed by atoms with Gasteiger partial charge in [0.1, 0.15) is 5.72 Å². The maximum atomic E-state index is 12.7. The summed E-state index contributed by atoms with van der Waals surface area (Å²) in [6.45, 7) is 2.45. The summed E-state index contributed by atoms with van der Waals surface area (Å²) in [6.07, 6.45) is 1.07. The van der Waals surface area contributed by atoms with Crippen molar-refractivity contribution in [2.75, 3.05) is 13.2 Å². The van der Waals surface area contributed by atoms with Gasteiger partial charge in [0.25, 0.3) is 0 Å². The van der Waals surface area contributed by atoms with Crippen molar-refractivity contribution in [3.05, 3.63) is 46.0 Å². The zero-order valence-electron chi connectivity index (χ0n) is 13.1. The number of ether oxygens (including phenoxy) is 1. The van der Waals surface area contributed by atoms with E-state index in [0.717, 1.165) is 5.56 Å². The predicted octanol–water partition coefficient (Wildman–Crippen LogP) is 2.24. The van der Waals surface area contributed by atoms with Crippen LogP contribution in [0.4, 0.5) is 0 Å².